The van der Waals surface area contributed by atoms with Crippen LogP contribution in [0.1, 0.15) is 16.7 Å². The molecule has 1 atom stereocenters. The lowest BCUT2D eigenvalue weighted by Gasteiger charge is -2.29. The first-order chi connectivity index (χ1) is 13.9. The summed E-state index contributed by atoms with van der Waals surface area (Å²) in [4.78, 5) is 37.1. The zero-order valence-corrected chi connectivity index (χ0v) is 16.3. The second-order valence-electron chi connectivity index (χ2n) is 6.04. The lowest BCUT2D eigenvalue weighted by atomic mass is 9.96. The van der Waals surface area contributed by atoms with Crippen LogP contribution in [0.25, 0.3) is 6.08 Å². The molecule has 0 saturated carbocycles. The van der Waals surface area contributed by atoms with Crippen molar-refractivity contribution in [3.05, 3.63) is 43.5 Å². The number of rotatable bonds is 7. The number of ether oxygens (including phenoxy) is 3. The maximum atomic E-state index is 13.4. The SMILES string of the molecule is Cc1cc2c(c(C)c1Cl)C=C(C(=O)OCCOC(=O)CO[N+](=O)[O-])[C@@H](C(F)(F)F)O2. The second-order valence-corrected chi connectivity index (χ2v) is 6.41. The average Bonchev–Trinajstić information content (AvgIpc) is 2.66. The van der Waals surface area contributed by atoms with Crippen molar-refractivity contribution in [1.29, 1.82) is 0 Å². The number of benzene rings is 1. The fourth-order valence-electron chi connectivity index (χ4n) is 2.56. The van der Waals surface area contributed by atoms with Crippen LogP contribution in [-0.2, 0) is 23.9 Å². The Morgan fingerprint density at radius 2 is 1.90 bits per heavy atom. The van der Waals surface area contributed by atoms with Gasteiger partial charge in [0.2, 0.25) is 6.10 Å². The zero-order chi connectivity index (χ0) is 22.6. The average molecular weight is 454 g/mol. The van der Waals surface area contributed by atoms with Gasteiger partial charge in [-0.25, -0.2) is 9.59 Å². The van der Waals surface area contributed by atoms with Gasteiger partial charge in [0.15, 0.2) is 6.61 Å². The van der Waals surface area contributed by atoms with Gasteiger partial charge in [0.25, 0.3) is 5.09 Å². The van der Waals surface area contributed by atoms with E-state index in [0.29, 0.717) is 16.1 Å². The van der Waals surface area contributed by atoms with Crippen LogP contribution >= 0.6 is 11.6 Å². The third kappa shape index (κ3) is 5.53. The van der Waals surface area contributed by atoms with Gasteiger partial charge in [-0.15, -0.1) is 10.1 Å². The molecule has 13 heteroatoms. The highest BCUT2D eigenvalue weighted by atomic mass is 35.5. The quantitative estimate of drug-likeness (QED) is 0.268. The largest absolute Gasteiger partial charge is 0.475 e. The number of carbonyl (C=O) groups excluding carboxylic acids is 2. The summed E-state index contributed by atoms with van der Waals surface area (Å²) in [5.41, 5.74) is 0.343. The molecule has 0 bridgehead atoms. The summed E-state index contributed by atoms with van der Waals surface area (Å²) in [6, 6.07) is 1.34. The van der Waals surface area contributed by atoms with E-state index in [1.807, 2.05) is 0 Å². The van der Waals surface area contributed by atoms with Crippen LogP contribution in [0, 0.1) is 24.0 Å². The molecule has 0 aromatic heterocycles. The maximum Gasteiger partial charge on any atom is 0.430 e. The summed E-state index contributed by atoms with van der Waals surface area (Å²) >= 11 is 6.12. The van der Waals surface area contributed by atoms with Gasteiger partial charge < -0.3 is 19.0 Å². The smallest absolute Gasteiger partial charge is 0.430 e. The topological polar surface area (TPSA) is 114 Å². The minimum Gasteiger partial charge on any atom is -0.475 e. The van der Waals surface area contributed by atoms with Gasteiger partial charge in [-0.3, -0.25) is 0 Å². The molecule has 1 aliphatic heterocycles. The molecule has 0 unspecified atom stereocenters. The third-order valence-electron chi connectivity index (χ3n) is 3.92. The van der Waals surface area contributed by atoms with Crippen molar-refractivity contribution < 1.29 is 46.9 Å². The van der Waals surface area contributed by atoms with Crippen molar-refractivity contribution in [1.82, 2.24) is 0 Å². The fourth-order valence-corrected chi connectivity index (χ4v) is 2.72. The molecule has 0 aliphatic carbocycles. The van der Waals surface area contributed by atoms with Gasteiger partial charge >= 0.3 is 18.1 Å². The molecule has 0 spiro atoms. The summed E-state index contributed by atoms with van der Waals surface area (Å²) < 4.78 is 54.5. The number of alkyl halides is 3. The van der Waals surface area contributed by atoms with E-state index >= 15 is 0 Å². The predicted octanol–water partition coefficient (Wildman–Crippen LogP) is 2.96. The van der Waals surface area contributed by atoms with E-state index in [9.17, 15) is 32.9 Å². The summed E-state index contributed by atoms with van der Waals surface area (Å²) in [7, 11) is 0. The molecule has 30 heavy (non-hydrogen) atoms. The van der Waals surface area contributed by atoms with Gasteiger partial charge in [-0.2, -0.15) is 13.2 Å². The molecule has 0 fully saturated rings. The van der Waals surface area contributed by atoms with Crippen LogP contribution < -0.4 is 4.74 Å². The van der Waals surface area contributed by atoms with E-state index in [0.717, 1.165) is 6.08 Å². The number of halogens is 4. The Morgan fingerprint density at radius 1 is 1.27 bits per heavy atom. The standard InChI is InChI=1S/C17H15ClF3NO8/c1-8-5-12-10(9(2)14(8)18)6-11(15(30-12)17(19,20)21)16(24)28-4-3-27-13(23)7-29-22(25)26/h5-6,15H,3-4,7H2,1-2H3/t15-/m0/s1. The molecule has 2 rings (SSSR count). The van der Waals surface area contributed by atoms with Crippen LogP contribution in [0.5, 0.6) is 5.75 Å². The van der Waals surface area contributed by atoms with E-state index in [1.54, 1.807) is 13.8 Å². The summed E-state index contributed by atoms with van der Waals surface area (Å²) in [5.74, 6) is -2.53. The Balaban J connectivity index is 2.12. The monoisotopic (exact) mass is 453 g/mol. The van der Waals surface area contributed by atoms with Crippen molar-refractivity contribution in [2.24, 2.45) is 0 Å². The molecular formula is C17H15ClF3NO8. The Hall–Kier alpha value is -3.02. The lowest BCUT2D eigenvalue weighted by Crippen LogP contribution is -2.41. The number of nitrogens with zero attached hydrogens (tertiary/aromatic N) is 1. The maximum absolute atomic E-state index is 13.4. The minimum atomic E-state index is -4.91. The Bertz CT molecular complexity index is 900. The molecule has 164 valence electrons. The molecule has 1 aromatic carbocycles. The van der Waals surface area contributed by atoms with Crippen LogP contribution in [0.15, 0.2) is 11.6 Å². The highest BCUT2D eigenvalue weighted by molar-refractivity contribution is 6.32. The van der Waals surface area contributed by atoms with Crippen molar-refractivity contribution >= 4 is 29.6 Å². The van der Waals surface area contributed by atoms with Crippen molar-refractivity contribution in [3.8, 4) is 5.75 Å². The van der Waals surface area contributed by atoms with Crippen LogP contribution in [-0.4, -0.2) is 49.1 Å². The summed E-state index contributed by atoms with van der Waals surface area (Å²) in [6.45, 7) is 1.05. The number of hydrogen-bond acceptors (Lipinski definition) is 8. The van der Waals surface area contributed by atoms with Crippen LogP contribution in [0.4, 0.5) is 13.2 Å². The molecule has 1 aromatic rings. The van der Waals surface area contributed by atoms with E-state index in [1.165, 1.54) is 6.07 Å². The van der Waals surface area contributed by atoms with Gasteiger partial charge in [0, 0.05) is 10.6 Å². The normalized spacial score (nSPS) is 15.4. The van der Waals surface area contributed by atoms with E-state index in [4.69, 9.17) is 21.1 Å². The Kier molecular flexibility index (Phi) is 7.13. The van der Waals surface area contributed by atoms with Crippen molar-refractivity contribution in [3.63, 3.8) is 0 Å². The Morgan fingerprint density at radius 3 is 2.50 bits per heavy atom. The van der Waals surface area contributed by atoms with Crippen molar-refractivity contribution in [2.75, 3.05) is 19.8 Å². The first-order valence-electron chi connectivity index (χ1n) is 8.26. The molecule has 0 amide bonds. The zero-order valence-electron chi connectivity index (χ0n) is 15.6. The molecule has 0 N–H and O–H groups in total. The van der Waals surface area contributed by atoms with Crippen LogP contribution in [0.2, 0.25) is 5.02 Å². The van der Waals surface area contributed by atoms with E-state index in [-0.39, 0.29) is 11.3 Å². The van der Waals surface area contributed by atoms with Gasteiger partial charge in [-0.05, 0) is 37.1 Å². The van der Waals surface area contributed by atoms with Gasteiger partial charge in [0.05, 0.1) is 5.57 Å². The summed E-state index contributed by atoms with van der Waals surface area (Å²) in [5, 5.41) is 9.06. The molecule has 0 saturated heterocycles. The highest BCUT2D eigenvalue weighted by Gasteiger charge is 2.49. The highest BCUT2D eigenvalue weighted by Crippen LogP contribution is 2.41. The number of hydrogen-bond donors (Lipinski definition) is 0. The first-order valence-corrected chi connectivity index (χ1v) is 8.64. The lowest BCUT2D eigenvalue weighted by molar-refractivity contribution is -0.754. The molecule has 1 heterocycles. The predicted molar refractivity (Wildman–Crippen MR) is 94.2 cm³/mol. The van der Waals surface area contributed by atoms with E-state index < -0.39 is 54.7 Å². The molecule has 1 aliphatic rings. The van der Waals surface area contributed by atoms with Crippen molar-refractivity contribution in [2.45, 2.75) is 26.1 Å². The third-order valence-corrected chi connectivity index (χ3v) is 4.50. The molecule has 0 radical (unpaired) electrons. The van der Waals surface area contributed by atoms with Crippen LogP contribution in [0.3, 0.4) is 0 Å². The van der Waals surface area contributed by atoms with E-state index in [2.05, 4.69) is 9.57 Å². The van der Waals surface area contributed by atoms with Gasteiger partial charge in [0.1, 0.15) is 19.0 Å². The Labute approximate surface area is 172 Å². The fraction of sp³-hybridized carbons (Fsp3) is 0.412. The molecular weight excluding hydrogens is 439 g/mol. The number of fused-ring (bicyclic) bond motifs is 1. The number of esters is 2. The first kappa shape index (κ1) is 23.3. The minimum absolute atomic E-state index is 0.0759. The second kappa shape index (κ2) is 9.20. The number of aryl methyl sites for hydroxylation is 1. The summed E-state index contributed by atoms with van der Waals surface area (Å²) in [6.07, 6.45) is -6.47. The number of carbonyl (C=O) groups is 2. The molecule has 9 nitrogen and oxygen atoms in total. The van der Waals surface area contributed by atoms with Gasteiger partial charge in [-0.1, -0.05) is 11.6 Å².